The lowest BCUT2D eigenvalue weighted by molar-refractivity contribution is -0.218. The summed E-state index contributed by atoms with van der Waals surface area (Å²) in [6.45, 7) is 0.261. The molecule has 0 aliphatic carbocycles. The van der Waals surface area contributed by atoms with Crippen LogP contribution in [0.4, 0.5) is 0 Å². The van der Waals surface area contributed by atoms with E-state index in [9.17, 15) is 34.5 Å². The molecule has 1 aliphatic heterocycles. The Labute approximate surface area is 234 Å². The van der Waals surface area contributed by atoms with Gasteiger partial charge >= 0.3 is 23.7 Å². The largest absolute Gasteiger partial charge is 0.480 e. The second-order valence-corrected chi connectivity index (χ2v) is 9.78. The molecule has 3 rings (SSSR count). The van der Waals surface area contributed by atoms with Gasteiger partial charge in [0.1, 0.15) is 6.54 Å². The van der Waals surface area contributed by atoms with Crippen molar-refractivity contribution >= 4 is 53.1 Å². The van der Waals surface area contributed by atoms with Gasteiger partial charge in [-0.25, -0.2) is 9.59 Å². The van der Waals surface area contributed by atoms with Crippen molar-refractivity contribution in [3.63, 3.8) is 0 Å². The first-order valence-corrected chi connectivity index (χ1v) is 12.7. The quantitative estimate of drug-likeness (QED) is 0.318. The van der Waals surface area contributed by atoms with E-state index in [4.69, 9.17) is 32.7 Å². The second-order valence-electron chi connectivity index (χ2n) is 8.97. The van der Waals surface area contributed by atoms with E-state index < -0.39 is 54.9 Å². The number of carbonyl (C=O) groups is 4. The first kappa shape index (κ1) is 30.1. The smallest absolute Gasteiger partial charge is 0.377 e. The van der Waals surface area contributed by atoms with Gasteiger partial charge < -0.3 is 29.7 Å². The van der Waals surface area contributed by atoms with E-state index >= 15 is 0 Å². The molecule has 2 aromatic rings. The molecule has 3 unspecified atom stereocenters. The standard InChI is InChI=1S/C27H27Cl2NO9/c1-16(30(14-23(31)32)24(33)22-15-38-27(39-22,25(34)35)26(36)37)19(10-7-17-5-3-2-4-6-17)11-8-18-9-12-20(28)21(29)13-18/h2-6,8-9,11-13,16,19,22H,7,10,14-15H2,1H3,(H,31,32)(H,34,35)(H,36,37)/b11-8+. The third-order valence-corrected chi connectivity index (χ3v) is 7.11. The maximum absolute atomic E-state index is 13.4. The molecule has 3 N–H and O–H groups in total. The van der Waals surface area contributed by atoms with Crippen LogP contribution in [0.2, 0.25) is 10.0 Å². The molecule has 0 spiro atoms. The normalized spacial score (nSPS) is 18.0. The zero-order valence-corrected chi connectivity index (χ0v) is 22.3. The van der Waals surface area contributed by atoms with Gasteiger partial charge in [-0.15, -0.1) is 0 Å². The lowest BCUT2D eigenvalue weighted by atomic mass is 9.91. The van der Waals surface area contributed by atoms with Crippen LogP contribution in [0.1, 0.15) is 24.5 Å². The fourth-order valence-electron chi connectivity index (χ4n) is 4.21. The molecule has 1 saturated heterocycles. The number of halogens is 2. The molecule has 39 heavy (non-hydrogen) atoms. The molecule has 208 valence electrons. The van der Waals surface area contributed by atoms with Crippen LogP contribution in [0.15, 0.2) is 54.6 Å². The summed E-state index contributed by atoms with van der Waals surface area (Å²) in [5, 5.41) is 29.0. The number of nitrogens with zero attached hydrogens (tertiary/aromatic N) is 1. The highest BCUT2D eigenvalue weighted by atomic mass is 35.5. The van der Waals surface area contributed by atoms with Gasteiger partial charge in [0.25, 0.3) is 5.91 Å². The third kappa shape index (κ3) is 7.36. The molecule has 0 saturated carbocycles. The van der Waals surface area contributed by atoms with Crippen molar-refractivity contribution in [3.8, 4) is 0 Å². The Hall–Kier alpha value is -3.44. The molecule has 2 aromatic carbocycles. The van der Waals surface area contributed by atoms with Crippen LogP contribution >= 0.6 is 23.2 Å². The van der Waals surface area contributed by atoms with Crippen molar-refractivity contribution in [3.05, 3.63) is 75.8 Å². The van der Waals surface area contributed by atoms with Gasteiger partial charge in [-0.3, -0.25) is 9.59 Å². The Morgan fingerprint density at radius 3 is 2.28 bits per heavy atom. The molecule has 12 heteroatoms. The van der Waals surface area contributed by atoms with E-state index in [1.54, 1.807) is 31.2 Å². The van der Waals surface area contributed by atoms with Crippen LogP contribution in [-0.2, 0) is 35.1 Å². The highest BCUT2D eigenvalue weighted by Gasteiger charge is 2.58. The Kier molecular flexibility index (Phi) is 10.1. The van der Waals surface area contributed by atoms with Crippen LogP contribution in [0.5, 0.6) is 0 Å². The Morgan fingerprint density at radius 2 is 1.72 bits per heavy atom. The number of rotatable bonds is 12. The van der Waals surface area contributed by atoms with E-state index in [1.807, 2.05) is 36.4 Å². The first-order valence-electron chi connectivity index (χ1n) is 11.9. The minimum atomic E-state index is -3.06. The summed E-state index contributed by atoms with van der Waals surface area (Å²) in [6, 6.07) is 13.9. The molecule has 1 amide bonds. The van der Waals surface area contributed by atoms with Crippen LogP contribution in [-0.4, -0.2) is 75.1 Å². The van der Waals surface area contributed by atoms with Gasteiger partial charge in [-0.2, -0.15) is 0 Å². The lowest BCUT2D eigenvalue weighted by Gasteiger charge is -2.34. The number of carboxylic acids is 3. The predicted molar refractivity (Wildman–Crippen MR) is 141 cm³/mol. The fourth-order valence-corrected chi connectivity index (χ4v) is 4.52. The monoisotopic (exact) mass is 579 g/mol. The highest BCUT2D eigenvalue weighted by molar-refractivity contribution is 6.42. The third-order valence-electron chi connectivity index (χ3n) is 6.37. The number of ether oxygens (including phenoxy) is 2. The number of benzene rings is 2. The number of hydrogen-bond donors (Lipinski definition) is 3. The van der Waals surface area contributed by atoms with E-state index in [1.165, 1.54) is 0 Å². The van der Waals surface area contributed by atoms with Crippen LogP contribution in [0.3, 0.4) is 0 Å². The number of carbonyl (C=O) groups excluding carboxylic acids is 1. The van der Waals surface area contributed by atoms with Gasteiger partial charge in [0.15, 0.2) is 6.10 Å². The average molecular weight is 580 g/mol. The molecular weight excluding hydrogens is 553 g/mol. The second kappa shape index (κ2) is 13.1. The van der Waals surface area contributed by atoms with Gasteiger partial charge in [0, 0.05) is 6.04 Å². The van der Waals surface area contributed by atoms with Gasteiger partial charge in [-0.1, -0.05) is 71.8 Å². The van der Waals surface area contributed by atoms with Crippen molar-refractivity contribution in [1.29, 1.82) is 0 Å². The summed E-state index contributed by atoms with van der Waals surface area (Å²) in [6.07, 6.45) is 3.11. The number of amides is 1. The minimum absolute atomic E-state index is 0.356. The molecule has 0 aromatic heterocycles. The van der Waals surface area contributed by atoms with E-state index in [0.29, 0.717) is 22.9 Å². The van der Waals surface area contributed by atoms with Crippen molar-refractivity contribution in [2.45, 2.75) is 37.7 Å². The summed E-state index contributed by atoms with van der Waals surface area (Å²) < 4.78 is 9.93. The molecule has 0 radical (unpaired) electrons. The Balaban J connectivity index is 1.90. The summed E-state index contributed by atoms with van der Waals surface area (Å²) in [5.74, 6) is -9.52. The number of hydrogen-bond acceptors (Lipinski definition) is 6. The molecular formula is C27H27Cl2NO9. The number of aryl methyl sites for hydroxylation is 1. The fraction of sp³-hybridized carbons (Fsp3) is 0.333. The first-order chi connectivity index (χ1) is 18.4. The molecule has 1 fully saturated rings. The SMILES string of the molecule is CC(C(/C=C/c1ccc(Cl)c(Cl)c1)CCc1ccccc1)N(CC(=O)O)C(=O)C1COC(C(=O)O)(C(=O)O)O1. The van der Waals surface area contributed by atoms with Crippen molar-refractivity contribution in [1.82, 2.24) is 4.90 Å². The zero-order chi connectivity index (χ0) is 28.7. The summed E-state index contributed by atoms with van der Waals surface area (Å²) >= 11 is 12.1. The van der Waals surface area contributed by atoms with E-state index in [-0.39, 0.29) is 5.92 Å². The minimum Gasteiger partial charge on any atom is -0.480 e. The van der Waals surface area contributed by atoms with Crippen LogP contribution in [0, 0.1) is 5.92 Å². The average Bonchev–Trinajstić information content (AvgIpc) is 3.36. The van der Waals surface area contributed by atoms with Crippen molar-refractivity contribution in [2.24, 2.45) is 5.92 Å². The molecule has 1 aliphatic rings. The van der Waals surface area contributed by atoms with Gasteiger partial charge in [0.05, 0.1) is 16.7 Å². The molecule has 3 atom stereocenters. The predicted octanol–water partition coefficient (Wildman–Crippen LogP) is 3.84. The van der Waals surface area contributed by atoms with Gasteiger partial charge in [-0.05, 0) is 48.9 Å². The van der Waals surface area contributed by atoms with Crippen LogP contribution in [0.25, 0.3) is 6.08 Å². The number of carboxylic acid groups (broad SMARTS) is 3. The molecule has 0 bridgehead atoms. The maximum atomic E-state index is 13.4. The molecule has 10 nitrogen and oxygen atoms in total. The zero-order valence-electron chi connectivity index (χ0n) is 20.8. The summed E-state index contributed by atoms with van der Waals surface area (Å²) in [5.41, 5.74) is 1.77. The Bertz CT molecular complexity index is 1240. The molecule has 1 heterocycles. The van der Waals surface area contributed by atoms with Crippen molar-refractivity contribution < 1.29 is 44.0 Å². The lowest BCUT2D eigenvalue weighted by Crippen LogP contribution is -2.52. The van der Waals surface area contributed by atoms with Crippen molar-refractivity contribution in [2.75, 3.05) is 13.2 Å². The Morgan fingerprint density at radius 1 is 1.05 bits per heavy atom. The van der Waals surface area contributed by atoms with Crippen LogP contribution < -0.4 is 0 Å². The summed E-state index contributed by atoms with van der Waals surface area (Å²) in [4.78, 5) is 49.2. The van der Waals surface area contributed by atoms with E-state index in [0.717, 1.165) is 16.0 Å². The topological polar surface area (TPSA) is 151 Å². The van der Waals surface area contributed by atoms with Gasteiger partial charge in [0.2, 0.25) is 0 Å². The summed E-state index contributed by atoms with van der Waals surface area (Å²) in [7, 11) is 0. The highest BCUT2D eigenvalue weighted by Crippen LogP contribution is 2.29. The maximum Gasteiger partial charge on any atom is 0.377 e. The number of aliphatic carboxylic acids is 3. The van der Waals surface area contributed by atoms with E-state index in [2.05, 4.69) is 0 Å².